The predicted molar refractivity (Wildman–Crippen MR) is 72.4 cm³/mol. The lowest BCUT2D eigenvalue weighted by Crippen LogP contribution is -2.17. The lowest BCUT2D eigenvalue weighted by atomic mass is 10.3. The van der Waals surface area contributed by atoms with Crippen molar-refractivity contribution in [2.24, 2.45) is 5.73 Å². The standard InChI is InChI=1S/C13H14ClN3O/c14-11-2-1-3-12(6-11)16-13(18)9-17-5-4-10(7-15)8-17/h1-6,8H,7,9,15H2,(H,16,18). The second kappa shape index (κ2) is 5.71. The van der Waals surface area contributed by atoms with E-state index in [0.717, 1.165) is 5.56 Å². The van der Waals surface area contributed by atoms with Gasteiger partial charge in [0.15, 0.2) is 0 Å². The number of halogens is 1. The molecule has 2 aromatic rings. The van der Waals surface area contributed by atoms with Gasteiger partial charge in [-0.15, -0.1) is 0 Å². The molecule has 94 valence electrons. The molecule has 0 fully saturated rings. The lowest BCUT2D eigenvalue weighted by Gasteiger charge is -2.06. The molecule has 18 heavy (non-hydrogen) atoms. The molecule has 0 aliphatic heterocycles. The first-order chi connectivity index (χ1) is 8.67. The van der Waals surface area contributed by atoms with E-state index >= 15 is 0 Å². The van der Waals surface area contributed by atoms with Crippen molar-refractivity contribution in [3.63, 3.8) is 0 Å². The summed E-state index contributed by atoms with van der Waals surface area (Å²) in [6, 6.07) is 8.95. The number of amides is 1. The van der Waals surface area contributed by atoms with Crippen molar-refractivity contribution < 1.29 is 4.79 Å². The van der Waals surface area contributed by atoms with Crippen molar-refractivity contribution in [1.29, 1.82) is 0 Å². The van der Waals surface area contributed by atoms with E-state index < -0.39 is 0 Å². The van der Waals surface area contributed by atoms with Crippen LogP contribution < -0.4 is 11.1 Å². The van der Waals surface area contributed by atoms with Crippen LogP contribution in [0, 0.1) is 0 Å². The summed E-state index contributed by atoms with van der Waals surface area (Å²) in [7, 11) is 0. The van der Waals surface area contributed by atoms with Gasteiger partial charge in [0.25, 0.3) is 0 Å². The maximum atomic E-state index is 11.8. The molecule has 5 heteroatoms. The van der Waals surface area contributed by atoms with Crippen LogP contribution in [0.25, 0.3) is 0 Å². The van der Waals surface area contributed by atoms with Crippen LogP contribution in [-0.2, 0) is 17.9 Å². The van der Waals surface area contributed by atoms with Crippen molar-refractivity contribution in [2.75, 3.05) is 5.32 Å². The molecule has 0 aliphatic carbocycles. The van der Waals surface area contributed by atoms with E-state index in [-0.39, 0.29) is 12.5 Å². The van der Waals surface area contributed by atoms with E-state index in [1.54, 1.807) is 28.8 Å². The van der Waals surface area contributed by atoms with Gasteiger partial charge in [-0.25, -0.2) is 0 Å². The van der Waals surface area contributed by atoms with Crippen LogP contribution in [-0.4, -0.2) is 10.5 Å². The van der Waals surface area contributed by atoms with E-state index in [1.807, 2.05) is 18.5 Å². The van der Waals surface area contributed by atoms with Gasteiger partial charge in [-0.1, -0.05) is 17.7 Å². The molecule has 0 atom stereocenters. The SMILES string of the molecule is NCc1ccn(CC(=O)Nc2cccc(Cl)c2)c1. The first-order valence-electron chi connectivity index (χ1n) is 5.57. The summed E-state index contributed by atoms with van der Waals surface area (Å²) in [5.41, 5.74) is 7.20. The first kappa shape index (κ1) is 12.7. The maximum absolute atomic E-state index is 11.8. The third-order valence-electron chi connectivity index (χ3n) is 2.48. The zero-order valence-electron chi connectivity index (χ0n) is 9.77. The van der Waals surface area contributed by atoms with Gasteiger partial charge in [0.05, 0.1) is 0 Å². The molecule has 0 bridgehead atoms. The number of nitrogens with two attached hydrogens (primary N) is 1. The summed E-state index contributed by atoms with van der Waals surface area (Å²) in [4.78, 5) is 11.8. The number of nitrogens with one attached hydrogen (secondary N) is 1. The molecule has 2 rings (SSSR count). The summed E-state index contributed by atoms with van der Waals surface area (Å²) >= 11 is 5.84. The molecule has 1 aromatic heterocycles. The van der Waals surface area contributed by atoms with Crippen molar-refractivity contribution >= 4 is 23.2 Å². The smallest absolute Gasteiger partial charge is 0.244 e. The highest BCUT2D eigenvalue weighted by atomic mass is 35.5. The number of rotatable bonds is 4. The quantitative estimate of drug-likeness (QED) is 0.889. The summed E-state index contributed by atoms with van der Waals surface area (Å²) in [5, 5.41) is 3.38. The number of nitrogens with zero attached hydrogens (tertiary/aromatic N) is 1. The van der Waals surface area contributed by atoms with Crippen LogP contribution in [0.4, 0.5) is 5.69 Å². The second-order valence-electron chi connectivity index (χ2n) is 3.95. The fourth-order valence-corrected chi connectivity index (χ4v) is 1.83. The van der Waals surface area contributed by atoms with Crippen LogP contribution in [0.2, 0.25) is 5.02 Å². The zero-order chi connectivity index (χ0) is 13.0. The molecule has 0 radical (unpaired) electrons. The Morgan fingerprint density at radius 1 is 1.39 bits per heavy atom. The number of aromatic nitrogens is 1. The average Bonchev–Trinajstić information content (AvgIpc) is 2.76. The third kappa shape index (κ3) is 3.35. The van der Waals surface area contributed by atoms with Gasteiger partial charge < -0.3 is 15.6 Å². The van der Waals surface area contributed by atoms with Gasteiger partial charge in [-0.3, -0.25) is 4.79 Å². The fourth-order valence-electron chi connectivity index (χ4n) is 1.64. The van der Waals surface area contributed by atoms with E-state index in [1.165, 1.54) is 0 Å². The summed E-state index contributed by atoms with van der Waals surface area (Å²) < 4.78 is 1.79. The summed E-state index contributed by atoms with van der Waals surface area (Å²) in [6.07, 6.45) is 3.69. The molecule has 1 heterocycles. The van der Waals surface area contributed by atoms with Crippen molar-refractivity contribution in [3.05, 3.63) is 53.3 Å². The normalized spacial score (nSPS) is 10.3. The monoisotopic (exact) mass is 263 g/mol. The number of hydrogen-bond acceptors (Lipinski definition) is 2. The number of anilines is 1. The van der Waals surface area contributed by atoms with E-state index in [2.05, 4.69) is 5.32 Å². The Balaban J connectivity index is 1.96. The van der Waals surface area contributed by atoms with E-state index in [0.29, 0.717) is 17.3 Å². The Bertz CT molecular complexity index is 551. The maximum Gasteiger partial charge on any atom is 0.244 e. The third-order valence-corrected chi connectivity index (χ3v) is 2.72. The number of hydrogen-bond donors (Lipinski definition) is 2. The molecule has 0 saturated heterocycles. The molecule has 3 N–H and O–H groups in total. The zero-order valence-corrected chi connectivity index (χ0v) is 10.5. The van der Waals surface area contributed by atoms with Crippen molar-refractivity contribution in [3.8, 4) is 0 Å². The number of carbonyl (C=O) groups excluding carboxylic acids is 1. The molecule has 0 unspecified atom stereocenters. The second-order valence-corrected chi connectivity index (χ2v) is 4.39. The van der Waals surface area contributed by atoms with Gasteiger partial charge >= 0.3 is 0 Å². The van der Waals surface area contributed by atoms with E-state index in [4.69, 9.17) is 17.3 Å². The average molecular weight is 264 g/mol. The Hall–Kier alpha value is -1.78. The minimum absolute atomic E-state index is 0.101. The molecule has 0 spiro atoms. The molecule has 1 aromatic carbocycles. The Labute approximate surface area is 110 Å². The highest BCUT2D eigenvalue weighted by Crippen LogP contribution is 2.14. The molecule has 0 saturated carbocycles. The van der Waals surface area contributed by atoms with Gasteiger partial charge in [0.2, 0.25) is 5.91 Å². The van der Waals surface area contributed by atoms with E-state index in [9.17, 15) is 4.79 Å². The van der Waals surface area contributed by atoms with Gasteiger partial charge in [0, 0.05) is 29.6 Å². The largest absolute Gasteiger partial charge is 0.345 e. The van der Waals surface area contributed by atoms with Crippen molar-refractivity contribution in [1.82, 2.24) is 4.57 Å². The Morgan fingerprint density at radius 2 is 2.22 bits per heavy atom. The minimum Gasteiger partial charge on any atom is -0.345 e. The van der Waals surface area contributed by atoms with Crippen LogP contribution >= 0.6 is 11.6 Å². The van der Waals surface area contributed by atoms with Gasteiger partial charge in [0.1, 0.15) is 6.54 Å². The summed E-state index contributed by atoms with van der Waals surface area (Å²) in [5.74, 6) is -0.101. The van der Waals surface area contributed by atoms with Crippen LogP contribution in [0.15, 0.2) is 42.7 Å². The first-order valence-corrected chi connectivity index (χ1v) is 5.95. The topological polar surface area (TPSA) is 60.0 Å². The molecule has 0 aliphatic rings. The highest BCUT2D eigenvalue weighted by molar-refractivity contribution is 6.30. The van der Waals surface area contributed by atoms with Crippen LogP contribution in [0.5, 0.6) is 0 Å². The molecule has 1 amide bonds. The van der Waals surface area contributed by atoms with Crippen molar-refractivity contribution in [2.45, 2.75) is 13.1 Å². The number of carbonyl (C=O) groups is 1. The van der Waals surface area contributed by atoms with Gasteiger partial charge in [-0.05, 0) is 29.8 Å². The molecule has 4 nitrogen and oxygen atoms in total. The van der Waals surface area contributed by atoms with Crippen LogP contribution in [0.3, 0.4) is 0 Å². The molecular weight excluding hydrogens is 250 g/mol. The number of benzene rings is 1. The van der Waals surface area contributed by atoms with Crippen LogP contribution in [0.1, 0.15) is 5.56 Å². The lowest BCUT2D eigenvalue weighted by molar-refractivity contribution is -0.116. The Morgan fingerprint density at radius 3 is 2.89 bits per heavy atom. The predicted octanol–water partition coefficient (Wildman–Crippen LogP) is 2.24. The minimum atomic E-state index is -0.101. The summed E-state index contributed by atoms with van der Waals surface area (Å²) in [6.45, 7) is 0.732. The molecular formula is C13H14ClN3O. The Kier molecular flexibility index (Phi) is 4.02. The fraction of sp³-hybridized carbons (Fsp3) is 0.154. The highest BCUT2D eigenvalue weighted by Gasteiger charge is 2.04. The van der Waals surface area contributed by atoms with Gasteiger partial charge in [-0.2, -0.15) is 0 Å².